The van der Waals surface area contributed by atoms with Crippen LogP contribution in [-0.2, 0) is 21.7 Å². The molecule has 10 aromatic rings. The first-order valence-electron chi connectivity index (χ1n) is 28.3. The zero-order chi connectivity index (χ0) is 56.1. The summed E-state index contributed by atoms with van der Waals surface area (Å²) in [4.78, 5) is 9.52. The normalized spacial score (nSPS) is 14.2. The molecule has 3 heterocycles. The van der Waals surface area contributed by atoms with Crippen LogP contribution in [0, 0.1) is 0 Å². The molecule has 0 unspecified atom stereocenters. The van der Waals surface area contributed by atoms with Gasteiger partial charge in [0.25, 0.3) is 0 Å². The summed E-state index contributed by atoms with van der Waals surface area (Å²) in [5.41, 5.74) is 13.5. The van der Waals surface area contributed by atoms with Gasteiger partial charge in [-0.2, -0.15) is 0 Å². The molecule has 0 fully saturated rings. The largest absolute Gasteiger partial charge is 0.457 e. The average Bonchev–Trinajstić information content (AvgIpc) is 4.23. The van der Waals surface area contributed by atoms with E-state index in [0.717, 1.165) is 67.1 Å². The van der Waals surface area contributed by atoms with Crippen molar-refractivity contribution in [3.63, 3.8) is 0 Å². The van der Waals surface area contributed by atoms with Crippen LogP contribution in [0.4, 0.5) is 22.7 Å². The molecule has 0 atom stereocenters. The second kappa shape index (κ2) is 18.2. The van der Waals surface area contributed by atoms with E-state index in [9.17, 15) is 2.74 Å². The molecule has 0 amide bonds. The molecule has 370 valence electrons. The lowest BCUT2D eigenvalue weighted by Gasteiger charge is -2.29. The Balaban J connectivity index is 1.02. The molecule has 0 spiro atoms. The molecule has 8 aromatic carbocycles. The summed E-state index contributed by atoms with van der Waals surface area (Å²) in [7, 11) is 0. The maximum Gasteiger partial charge on any atom is 0.137 e. The Kier molecular flexibility index (Phi) is 10.5. The third-order valence-electron chi connectivity index (χ3n) is 15.0. The highest BCUT2D eigenvalue weighted by Crippen LogP contribution is 2.51. The number of ether oxygens (including phenoxy) is 1. The summed E-state index contributed by atoms with van der Waals surface area (Å²) < 4.78 is 53.8. The van der Waals surface area contributed by atoms with Crippen LogP contribution in [0.15, 0.2) is 200 Å². The first kappa shape index (κ1) is 42.6. The van der Waals surface area contributed by atoms with Gasteiger partial charge in [-0.1, -0.05) is 197 Å². The quantitative estimate of drug-likeness (QED) is 0.144. The van der Waals surface area contributed by atoms with Gasteiger partial charge in [-0.05, 0) is 116 Å². The fourth-order valence-electron chi connectivity index (χ4n) is 10.5. The number of pyridine rings is 1. The number of nitrogens with zero attached hydrogens (tertiary/aromatic N) is 4. The molecule has 5 heteroatoms. The van der Waals surface area contributed by atoms with Crippen molar-refractivity contribution in [1.29, 1.82) is 0 Å². The number of aromatic nitrogens is 2. The van der Waals surface area contributed by atoms with Crippen molar-refractivity contribution in [2.75, 3.05) is 16.5 Å². The molecule has 0 saturated heterocycles. The van der Waals surface area contributed by atoms with Crippen LogP contribution in [0.25, 0.3) is 49.9 Å². The van der Waals surface area contributed by atoms with Gasteiger partial charge in [0.2, 0.25) is 0 Å². The Hall–Kier alpha value is -7.89. The van der Waals surface area contributed by atoms with Gasteiger partial charge in [0.1, 0.15) is 24.0 Å². The summed E-state index contributed by atoms with van der Waals surface area (Å²) in [6.45, 7) is 25.0. The topological polar surface area (TPSA) is 33.5 Å². The lowest BCUT2D eigenvalue weighted by molar-refractivity contribution is 0.483. The SMILES string of the molecule is [2H]c1c([2H])c([2H])c(-c2cccc(-c3cc(C(C)(C)C)cc(C(C)(C)C)c3)c2N2CN(c3cccc(Oc4ccc5c6cc(C(C)(C)C)ccc6n(-c6cc(C(C)(C)c7ccccc7)ccn6)c5c4)c3)c3ccccc32)c([2H])c1[2H]. The standard InChI is InChI=1S/C69H68N4O/c1-66(2,3)49-32-35-60-59(41-49)58-34-33-55(44-63(58)73(60)64-42-50(36-37-70-64)69(10,11)48-24-16-13-17-25-48)74-54-27-20-26-53(43-54)71-45-72(62-31-19-18-30-61(62)71)65-56(46-22-14-12-15-23-46)28-21-29-57(65)47-38-51(67(4,5)6)40-52(39-47)68(7,8)9/h12-44H,45H2,1-11H3/i12D,14D,15D,22D,23D. The van der Waals surface area contributed by atoms with Crippen molar-refractivity contribution < 1.29 is 11.6 Å². The van der Waals surface area contributed by atoms with E-state index < -0.39 is 6.04 Å². The lowest BCUT2D eigenvalue weighted by Crippen LogP contribution is -2.25. The molecular weight excluding hydrogens is 901 g/mol. The zero-order valence-corrected chi connectivity index (χ0v) is 44.6. The van der Waals surface area contributed by atoms with Crippen molar-refractivity contribution in [3.8, 4) is 39.6 Å². The smallest absolute Gasteiger partial charge is 0.137 e. The van der Waals surface area contributed by atoms with Crippen LogP contribution in [0.5, 0.6) is 11.5 Å². The molecule has 1 aliphatic heterocycles. The van der Waals surface area contributed by atoms with E-state index in [1.807, 2.05) is 42.6 Å². The number of fused-ring (bicyclic) bond motifs is 4. The van der Waals surface area contributed by atoms with Gasteiger partial charge in [-0.15, -0.1) is 0 Å². The Labute approximate surface area is 445 Å². The summed E-state index contributed by atoms with van der Waals surface area (Å²) in [5.74, 6) is 2.16. The van der Waals surface area contributed by atoms with Crippen molar-refractivity contribution in [1.82, 2.24) is 9.55 Å². The molecule has 11 rings (SSSR count). The van der Waals surface area contributed by atoms with E-state index in [-0.39, 0.29) is 51.4 Å². The van der Waals surface area contributed by atoms with E-state index in [4.69, 9.17) is 13.8 Å². The van der Waals surface area contributed by atoms with E-state index >= 15 is 0 Å². The second-order valence-corrected chi connectivity index (χ2v) is 23.5. The number of rotatable bonds is 9. The maximum absolute atomic E-state index is 9.28. The van der Waals surface area contributed by atoms with Crippen molar-refractivity contribution >= 4 is 44.6 Å². The minimum absolute atomic E-state index is 0.0499. The number of para-hydroxylation sites is 3. The second-order valence-electron chi connectivity index (χ2n) is 23.5. The highest BCUT2D eigenvalue weighted by molar-refractivity contribution is 6.10. The van der Waals surface area contributed by atoms with E-state index in [2.05, 4.69) is 218 Å². The Morgan fingerprint density at radius 3 is 1.78 bits per heavy atom. The van der Waals surface area contributed by atoms with E-state index in [0.29, 0.717) is 23.7 Å². The Morgan fingerprint density at radius 1 is 0.459 bits per heavy atom. The van der Waals surface area contributed by atoms with Gasteiger partial charge in [-0.3, -0.25) is 4.57 Å². The fraction of sp³-hybridized carbons (Fsp3) is 0.232. The van der Waals surface area contributed by atoms with Crippen molar-refractivity contribution in [2.24, 2.45) is 0 Å². The Bertz CT molecular complexity index is 3970. The Morgan fingerprint density at radius 2 is 1.09 bits per heavy atom. The minimum atomic E-state index is -0.425. The molecule has 0 radical (unpaired) electrons. The monoisotopic (exact) mass is 974 g/mol. The summed E-state index contributed by atoms with van der Waals surface area (Å²) >= 11 is 0. The van der Waals surface area contributed by atoms with E-state index in [1.54, 1.807) is 0 Å². The molecule has 0 N–H and O–H groups in total. The summed E-state index contributed by atoms with van der Waals surface area (Å²) in [5, 5.41) is 2.25. The highest BCUT2D eigenvalue weighted by Gasteiger charge is 2.33. The average molecular weight is 974 g/mol. The number of hydrogen-bond acceptors (Lipinski definition) is 4. The first-order chi connectivity index (χ1) is 37.4. The predicted octanol–water partition coefficient (Wildman–Crippen LogP) is 18.8. The number of benzene rings is 8. The predicted molar refractivity (Wildman–Crippen MR) is 313 cm³/mol. The van der Waals surface area contributed by atoms with Gasteiger partial charge >= 0.3 is 0 Å². The molecule has 0 saturated carbocycles. The van der Waals surface area contributed by atoms with Gasteiger partial charge in [0.05, 0.1) is 34.9 Å². The molecule has 0 bridgehead atoms. The van der Waals surface area contributed by atoms with Crippen LogP contribution in [0.3, 0.4) is 0 Å². The van der Waals surface area contributed by atoms with Gasteiger partial charge < -0.3 is 14.5 Å². The van der Waals surface area contributed by atoms with Gasteiger partial charge in [0, 0.05) is 51.3 Å². The van der Waals surface area contributed by atoms with Crippen molar-refractivity contribution in [2.45, 2.75) is 97.8 Å². The maximum atomic E-state index is 9.28. The molecule has 2 aromatic heterocycles. The third kappa shape index (κ3) is 8.93. The molecule has 0 aliphatic carbocycles. The first-order valence-corrected chi connectivity index (χ1v) is 25.8. The highest BCUT2D eigenvalue weighted by atomic mass is 16.5. The van der Waals surface area contributed by atoms with Gasteiger partial charge in [-0.25, -0.2) is 4.98 Å². The van der Waals surface area contributed by atoms with Crippen LogP contribution in [0.2, 0.25) is 0 Å². The molecular formula is C69H68N4O. The summed E-state index contributed by atoms with van der Waals surface area (Å²) in [6, 6.07) is 55.5. The molecule has 5 nitrogen and oxygen atoms in total. The molecule has 74 heavy (non-hydrogen) atoms. The molecule has 1 aliphatic rings. The van der Waals surface area contributed by atoms with Crippen LogP contribution in [0.1, 0.15) is 111 Å². The van der Waals surface area contributed by atoms with Crippen LogP contribution < -0.4 is 14.5 Å². The lowest BCUT2D eigenvalue weighted by atomic mass is 9.78. The number of hydrogen-bond donors (Lipinski definition) is 0. The van der Waals surface area contributed by atoms with Crippen LogP contribution in [-0.4, -0.2) is 16.2 Å². The van der Waals surface area contributed by atoms with Crippen molar-refractivity contribution in [3.05, 3.63) is 228 Å². The van der Waals surface area contributed by atoms with Gasteiger partial charge in [0.15, 0.2) is 0 Å². The zero-order valence-electron chi connectivity index (χ0n) is 49.6. The summed E-state index contributed by atoms with van der Waals surface area (Å²) in [6.07, 6.45) is 1.92. The fourth-order valence-corrected chi connectivity index (χ4v) is 10.5. The number of anilines is 4. The third-order valence-corrected chi connectivity index (χ3v) is 15.0. The van der Waals surface area contributed by atoms with E-state index in [1.165, 1.54) is 22.3 Å². The van der Waals surface area contributed by atoms with Crippen LogP contribution >= 0.6 is 0 Å². The minimum Gasteiger partial charge on any atom is -0.457 e.